The van der Waals surface area contributed by atoms with Crippen LogP contribution in [0.25, 0.3) is 0 Å². The molecule has 0 spiro atoms. The molecule has 2 heterocycles. The van der Waals surface area contributed by atoms with E-state index in [0.717, 1.165) is 35.7 Å². The van der Waals surface area contributed by atoms with Crippen molar-refractivity contribution in [1.29, 1.82) is 0 Å². The number of nitrogens with zero attached hydrogens (tertiary/aromatic N) is 5. The van der Waals surface area contributed by atoms with Crippen LogP contribution in [-0.4, -0.2) is 54.6 Å². The van der Waals surface area contributed by atoms with Crippen LogP contribution in [0.4, 0.5) is 23.5 Å². The number of rotatable bonds is 7. The predicted octanol–water partition coefficient (Wildman–Crippen LogP) is 3.21. The monoisotopic (exact) mass is 419 g/mol. The van der Waals surface area contributed by atoms with Crippen molar-refractivity contribution in [3.05, 3.63) is 59.7 Å². The maximum atomic E-state index is 5.44. The maximum absolute atomic E-state index is 5.44. The van der Waals surface area contributed by atoms with Crippen LogP contribution in [0.15, 0.2) is 53.6 Å². The molecule has 1 aliphatic rings. The van der Waals surface area contributed by atoms with E-state index in [1.165, 1.54) is 0 Å². The van der Waals surface area contributed by atoms with Gasteiger partial charge in [-0.05, 0) is 42.3 Å². The standard InChI is InChI=1S/C22H25N7O2/c1-16-5-3-4-6-17(16)15-23-28-21-25-20(24-18-7-9-19(30-2)10-8-18)26-22(27-21)29-11-13-31-14-12-29/h3-10,15H,11-14H2,1-2H3,(H2,24,25,26,27,28)/b23-15+. The summed E-state index contributed by atoms with van der Waals surface area (Å²) in [6, 6.07) is 15.6. The van der Waals surface area contributed by atoms with Crippen molar-refractivity contribution >= 4 is 29.7 Å². The Hall–Kier alpha value is -3.72. The molecular formula is C22H25N7O2. The normalized spacial score (nSPS) is 13.9. The number of aryl methyl sites for hydroxylation is 1. The summed E-state index contributed by atoms with van der Waals surface area (Å²) < 4.78 is 10.7. The molecule has 0 aliphatic carbocycles. The minimum atomic E-state index is 0.359. The van der Waals surface area contributed by atoms with E-state index in [4.69, 9.17) is 9.47 Å². The van der Waals surface area contributed by atoms with Crippen molar-refractivity contribution in [2.24, 2.45) is 5.10 Å². The van der Waals surface area contributed by atoms with Crippen molar-refractivity contribution in [3.8, 4) is 5.75 Å². The summed E-state index contributed by atoms with van der Waals surface area (Å²) in [5.41, 5.74) is 5.94. The Morgan fingerprint density at radius 2 is 1.74 bits per heavy atom. The van der Waals surface area contributed by atoms with Gasteiger partial charge in [0.15, 0.2) is 0 Å². The average molecular weight is 419 g/mol. The molecule has 9 nitrogen and oxygen atoms in total. The Morgan fingerprint density at radius 1 is 1.00 bits per heavy atom. The number of aromatic nitrogens is 3. The van der Waals surface area contributed by atoms with Gasteiger partial charge in [0.05, 0.1) is 26.5 Å². The average Bonchev–Trinajstić information content (AvgIpc) is 2.81. The molecule has 0 bridgehead atoms. The minimum absolute atomic E-state index is 0.359. The van der Waals surface area contributed by atoms with Gasteiger partial charge in [-0.25, -0.2) is 5.43 Å². The van der Waals surface area contributed by atoms with Gasteiger partial charge in [0.25, 0.3) is 0 Å². The number of benzene rings is 2. The van der Waals surface area contributed by atoms with Gasteiger partial charge in [-0.3, -0.25) is 0 Å². The molecule has 1 aromatic heterocycles. The Kier molecular flexibility index (Phi) is 6.53. The zero-order chi connectivity index (χ0) is 21.5. The first-order valence-electron chi connectivity index (χ1n) is 10.1. The van der Waals surface area contributed by atoms with Gasteiger partial charge in [0.1, 0.15) is 5.75 Å². The van der Waals surface area contributed by atoms with Gasteiger partial charge < -0.3 is 19.7 Å². The number of hydrazone groups is 1. The summed E-state index contributed by atoms with van der Waals surface area (Å²) in [6.45, 7) is 4.76. The third-order valence-corrected chi connectivity index (χ3v) is 4.82. The minimum Gasteiger partial charge on any atom is -0.497 e. The third-order valence-electron chi connectivity index (χ3n) is 4.82. The summed E-state index contributed by atoms with van der Waals surface area (Å²) in [4.78, 5) is 15.7. The molecular weight excluding hydrogens is 394 g/mol. The van der Waals surface area contributed by atoms with Crippen LogP contribution >= 0.6 is 0 Å². The molecule has 0 unspecified atom stereocenters. The number of methoxy groups -OCH3 is 1. The SMILES string of the molecule is COc1ccc(Nc2nc(N/N=C/c3ccccc3C)nc(N3CCOCC3)n2)cc1. The highest BCUT2D eigenvalue weighted by Crippen LogP contribution is 2.21. The smallest absolute Gasteiger partial charge is 0.250 e. The molecule has 160 valence electrons. The predicted molar refractivity (Wildman–Crippen MR) is 122 cm³/mol. The molecule has 0 radical (unpaired) electrons. The molecule has 1 fully saturated rings. The van der Waals surface area contributed by atoms with E-state index in [9.17, 15) is 0 Å². The molecule has 4 rings (SSSR count). The highest BCUT2D eigenvalue weighted by atomic mass is 16.5. The molecule has 0 saturated carbocycles. The molecule has 0 atom stereocenters. The lowest BCUT2D eigenvalue weighted by atomic mass is 10.1. The number of morpholine rings is 1. The van der Waals surface area contributed by atoms with Crippen LogP contribution in [0, 0.1) is 6.92 Å². The van der Waals surface area contributed by atoms with Crippen molar-refractivity contribution in [3.63, 3.8) is 0 Å². The van der Waals surface area contributed by atoms with E-state index in [0.29, 0.717) is 31.1 Å². The third kappa shape index (κ3) is 5.46. The van der Waals surface area contributed by atoms with Gasteiger partial charge in [-0.15, -0.1) is 0 Å². The van der Waals surface area contributed by atoms with Crippen molar-refractivity contribution in [1.82, 2.24) is 15.0 Å². The molecule has 2 N–H and O–H groups in total. The Balaban J connectivity index is 1.56. The van der Waals surface area contributed by atoms with E-state index in [-0.39, 0.29) is 0 Å². The molecule has 3 aromatic rings. The fourth-order valence-corrected chi connectivity index (χ4v) is 3.07. The highest BCUT2D eigenvalue weighted by Gasteiger charge is 2.16. The molecule has 2 aromatic carbocycles. The van der Waals surface area contributed by atoms with Crippen molar-refractivity contribution < 1.29 is 9.47 Å². The number of hydrogen-bond donors (Lipinski definition) is 2. The summed E-state index contributed by atoms with van der Waals surface area (Å²) in [6.07, 6.45) is 1.75. The summed E-state index contributed by atoms with van der Waals surface area (Å²) in [5, 5.41) is 7.54. The van der Waals surface area contributed by atoms with Gasteiger partial charge in [-0.2, -0.15) is 20.1 Å². The van der Waals surface area contributed by atoms with Crippen LogP contribution < -0.4 is 20.4 Å². The van der Waals surface area contributed by atoms with E-state index in [1.54, 1.807) is 13.3 Å². The Bertz CT molecular complexity index is 1030. The van der Waals surface area contributed by atoms with E-state index < -0.39 is 0 Å². The van der Waals surface area contributed by atoms with E-state index in [2.05, 4.69) is 35.7 Å². The lowest BCUT2D eigenvalue weighted by Gasteiger charge is -2.27. The van der Waals surface area contributed by atoms with Gasteiger partial charge in [-0.1, -0.05) is 24.3 Å². The Labute approximate surface area is 181 Å². The number of nitrogens with one attached hydrogen (secondary N) is 2. The summed E-state index contributed by atoms with van der Waals surface area (Å²) >= 11 is 0. The van der Waals surface area contributed by atoms with Crippen LogP contribution in [-0.2, 0) is 4.74 Å². The largest absolute Gasteiger partial charge is 0.497 e. The number of hydrogen-bond acceptors (Lipinski definition) is 9. The van der Waals surface area contributed by atoms with Gasteiger partial charge in [0.2, 0.25) is 17.8 Å². The van der Waals surface area contributed by atoms with Gasteiger partial charge in [0, 0.05) is 18.8 Å². The second-order valence-corrected chi connectivity index (χ2v) is 6.96. The zero-order valence-corrected chi connectivity index (χ0v) is 17.6. The fraction of sp³-hybridized carbons (Fsp3) is 0.273. The number of ether oxygens (including phenoxy) is 2. The second kappa shape index (κ2) is 9.86. The quantitative estimate of drug-likeness (QED) is 0.445. The lowest BCUT2D eigenvalue weighted by molar-refractivity contribution is 0.122. The zero-order valence-electron chi connectivity index (χ0n) is 17.6. The molecule has 0 amide bonds. The van der Waals surface area contributed by atoms with Crippen LogP contribution in [0.5, 0.6) is 5.75 Å². The summed E-state index contributed by atoms with van der Waals surface area (Å²) in [7, 11) is 1.64. The van der Waals surface area contributed by atoms with Crippen LogP contribution in [0.1, 0.15) is 11.1 Å². The fourth-order valence-electron chi connectivity index (χ4n) is 3.07. The molecule has 1 saturated heterocycles. The maximum Gasteiger partial charge on any atom is 0.250 e. The van der Waals surface area contributed by atoms with E-state index in [1.807, 2.05) is 55.5 Å². The van der Waals surface area contributed by atoms with E-state index >= 15 is 0 Å². The van der Waals surface area contributed by atoms with Crippen LogP contribution in [0.3, 0.4) is 0 Å². The first-order valence-corrected chi connectivity index (χ1v) is 10.1. The van der Waals surface area contributed by atoms with Crippen molar-refractivity contribution in [2.75, 3.05) is 49.1 Å². The molecule has 1 aliphatic heterocycles. The van der Waals surface area contributed by atoms with Gasteiger partial charge >= 0.3 is 0 Å². The highest BCUT2D eigenvalue weighted by molar-refractivity contribution is 5.82. The lowest BCUT2D eigenvalue weighted by Crippen LogP contribution is -2.37. The first kappa shape index (κ1) is 20.5. The molecule has 9 heteroatoms. The number of anilines is 4. The van der Waals surface area contributed by atoms with Crippen molar-refractivity contribution in [2.45, 2.75) is 6.92 Å². The van der Waals surface area contributed by atoms with Crippen LogP contribution in [0.2, 0.25) is 0 Å². The second-order valence-electron chi connectivity index (χ2n) is 6.96. The Morgan fingerprint density at radius 3 is 2.48 bits per heavy atom. The first-order chi connectivity index (χ1) is 15.2. The molecule has 31 heavy (non-hydrogen) atoms. The topological polar surface area (TPSA) is 96.8 Å². The summed E-state index contributed by atoms with van der Waals surface area (Å²) in [5.74, 6) is 2.14.